The summed E-state index contributed by atoms with van der Waals surface area (Å²) in [7, 11) is 0. The van der Waals surface area contributed by atoms with E-state index in [1.807, 2.05) is 219 Å². The molecule has 0 saturated heterocycles. The Morgan fingerprint density at radius 3 is 0.942 bits per heavy atom. The quantitative estimate of drug-likeness (QED) is 0.0825. The molecule has 0 fully saturated rings. The Morgan fingerprint density at radius 2 is 0.551 bits per heavy atom. The van der Waals surface area contributed by atoms with Crippen molar-refractivity contribution in [2.75, 3.05) is 0 Å². The van der Waals surface area contributed by atoms with Crippen molar-refractivity contribution in [1.82, 2.24) is 79.7 Å². The zero-order valence-electron chi connectivity index (χ0n) is 79.2. The molecule has 8 aromatic carbocycles. The van der Waals surface area contributed by atoms with E-state index in [0.29, 0.717) is 86.0 Å². The summed E-state index contributed by atoms with van der Waals surface area (Å²) in [5, 5.41) is 3.62. The Kier molecular flexibility index (Phi) is 40.7. The summed E-state index contributed by atoms with van der Waals surface area (Å²) in [5.41, 5.74) is 12.6. The van der Waals surface area contributed by atoms with Gasteiger partial charge >= 0.3 is 18.5 Å². The maximum absolute atomic E-state index is 12.7. The van der Waals surface area contributed by atoms with Gasteiger partial charge in [-0.15, -0.1) is 0 Å². The van der Waals surface area contributed by atoms with Gasteiger partial charge in [0.15, 0.2) is 17.5 Å². The van der Waals surface area contributed by atoms with Gasteiger partial charge in [-0.1, -0.05) is 254 Å². The van der Waals surface area contributed by atoms with Crippen molar-refractivity contribution in [2.24, 2.45) is 0 Å². The minimum atomic E-state index is -4.34. The van der Waals surface area contributed by atoms with E-state index in [1.54, 1.807) is 49.2 Å². The predicted molar refractivity (Wildman–Crippen MR) is 537 cm³/mol. The molecule has 0 amide bonds. The van der Waals surface area contributed by atoms with Gasteiger partial charge in [0.2, 0.25) is 0 Å². The largest absolute Gasteiger partial charge is 0.416 e. The third-order valence-corrected chi connectivity index (χ3v) is 21.3. The fraction of sp³-hybridized carbons (Fsp3) is 0.259. The van der Waals surface area contributed by atoms with Gasteiger partial charge in [-0.3, -0.25) is 0 Å². The molecule has 8 heterocycles. The van der Waals surface area contributed by atoms with Crippen molar-refractivity contribution in [2.45, 2.75) is 184 Å². The minimum Gasteiger partial charge on any atom is -0.241 e. The number of hydrogen-bond acceptors (Lipinski definition) is 16. The lowest BCUT2D eigenvalue weighted by Gasteiger charge is -2.10. The standard InChI is InChI=1S/C15H15F3N2.2C14H13F3N2.5C13H13ClN2/c1-9(2)13-8-10(3)19-14(20-13)11-4-6-12(7-5-11)15(16,17)18;1-9(2)13-18-8-7-12(19-13)10-3-5-11(6-4-10)14(15,16)17;1-9(2)13-18-7-6-12(19-13)10-4-3-5-11(8-10)14(15,16)17;1-9(2)13-15-8-7-12(16-13)10-3-5-11(14)6-4-10;1-9(2)12-7-8-15-13(16-12)10-3-5-11(14)6-4-10;1-9(2)13-15-7-11(8-16-13)10-4-3-5-12(14)6-10;1-9(2)11-7-15-13(16-8-11)10-4-3-5-12(14)6-10;1-9(2)13-15-7-6-12(16-13)10-4-3-5-11(14)8-10/h4-9H,1-3H3;2*3-9H,1-2H3;5*3-9H,1-2H3. The van der Waals surface area contributed by atoms with Gasteiger partial charge in [0.1, 0.15) is 29.1 Å². The first kappa shape index (κ1) is 109. The van der Waals surface area contributed by atoms with Crippen LogP contribution in [0.5, 0.6) is 0 Å². The summed E-state index contributed by atoms with van der Waals surface area (Å²) in [6, 6.07) is 64.2. The molecule has 30 heteroatoms. The Balaban J connectivity index is 0.000000177. The van der Waals surface area contributed by atoms with Crippen LogP contribution in [0.4, 0.5) is 39.5 Å². The van der Waals surface area contributed by atoms with Gasteiger partial charge in [-0.25, -0.2) is 79.7 Å². The molecule has 716 valence electrons. The van der Waals surface area contributed by atoms with Crippen LogP contribution in [0.1, 0.15) is 227 Å². The van der Waals surface area contributed by atoms with Gasteiger partial charge < -0.3 is 0 Å². The molecule has 0 aliphatic heterocycles. The first-order valence-corrected chi connectivity index (χ1v) is 46.2. The highest BCUT2D eigenvalue weighted by atomic mass is 35.5. The third kappa shape index (κ3) is 34.4. The van der Waals surface area contributed by atoms with E-state index in [-0.39, 0.29) is 17.8 Å². The smallest absolute Gasteiger partial charge is 0.241 e. The minimum absolute atomic E-state index is 0.130. The van der Waals surface area contributed by atoms with E-state index in [2.05, 4.69) is 149 Å². The van der Waals surface area contributed by atoms with Crippen LogP contribution in [0, 0.1) is 6.92 Å². The zero-order valence-corrected chi connectivity index (χ0v) is 83.0. The van der Waals surface area contributed by atoms with Gasteiger partial charge in [0, 0.05) is 172 Å². The third-order valence-electron chi connectivity index (χ3n) is 20.1. The average Bonchev–Trinajstić information content (AvgIpc) is 0.722. The Labute approximate surface area is 825 Å². The molecule has 0 spiro atoms. The Morgan fingerprint density at radius 1 is 0.217 bits per heavy atom. The molecule has 0 bridgehead atoms. The number of alkyl halides is 9. The molecule has 0 N–H and O–H groups in total. The highest BCUT2D eigenvalue weighted by molar-refractivity contribution is 6.32. The van der Waals surface area contributed by atoms with Crippen LogP contribution in [-0.2, 0) is 18.5 Å². The van der Waals surface area contributed by atoms with Crippen molar-refractivity contribution in [3.8, 4) is 90.3 Å². The molecule has 0 radical (unpaired) electrons. The van der Waals surface area contributed by atoms with Gasteiger partial charge in [0.05, 0.1) is 39.5 Å². The first-order valence-electron chi connectivity index (χ1n) is 44.3. The molecule has 16 aromatic rings. The topological polar surface area (TPSA) is 206 Å². The fourth-order valence-electron chi connectivity index (χ4n) is 12.3. The number of nitrogens with zero attached hydrogens (tertiary/aromatic N) is 16. The molecular formula is C108H106Cl5F9N16. The van der Waals surface area contributed by atoms with Gasteiger partial charge in [-0.2, -0.15) is 39.5 Å². The molecule has 0 unspecified atom stereocenters. The number of halogens is 14. The first-order chi connectivity index (χ1) is 65.3. The SMILES string of the molecule is CC(C)c1ccnc(-c2ccc(Cl)cc2)n1.CC(C)c1cnc(-c2cccc(Cl)c2)nc1.CC(C)c1ncc(-c2cccc(Cl)c2)cn1.CC(C)c1nccc(-c2ccc(C(F)(F)F)cc2)n1.CC(C)c1nccc(-c2ccc(Cl)cc2)n1.CC(C)c1nccc(-c2cccc(C(F)(F)F)c2)n1.CC(C)c1nccc(-c2cccc(Cl)c2)n1.Cc1cc(C(C)C)nc(-c2ccc(C(F)(F)F)cc2)n1. The van der Waals surface area contributed by atoms with Crippen molar-refractivity contribution in [1.29, 1.82) is 0 Å². The number of rotatable bonds is 16. The van der Waals surface area contributed by atoms with Crippen LogP contribution in [-0.4, -0.2) is 79.7 Å². The van der Waals surface area contributed by atoms with Crippen molar-refractivity contribution in [3.63, 3.8) is 0 Å². The van der Waals surface area contributed by atoms with Crippen LogP contribution in [0.15, 0.2) is 286 Å². The van der Waals surface area contributed by atoms with Crippen molar-refractivity contribution in [3.05, 3.63) is 380 Å². The second kappa shape index (κ2) is 51.6. The molecule has 0 aliphatic carbocycles. The average molecular weight is 1980 g/mol. The van der Waals surface area contributed by atoms with Crippen LogP contribution < -0.4 is 0 Å². The number of benzene rings is 8. The molecule has 0 atom stereocenters. The van der Waals surface area contributed by atoms with Crippen molar-refractivity contribution >= 4 is 58.0 Å². The second-order valence-electron chi connectivity index (χ2n) is 33.9. The molecule has 138 heavy (non-hydrogen) atoms. The number of hydrogen-bond donors (Lipinski definition) is 0. The normalized spacial score (nSPS) is 11.2. The summed E-state index contributed by atoms with van der Waals surface area (Å²) in [6.07, 6.45) is 3.01. The maximum atomic E-state index is 12.7. The molecule has 0 aliphatic rings. The highest BCUT2D eigenvalue weighted by Crippen LogP contribution is 2.36. The molecule has 0 saturated carbocycles. The van der Waals surface area contributed by atoms with E-state index in [9.17, 15) is 39.5 Å². The Bertz CT molecular complexity index is 6330. The van der Waals surface area contributed by atoms with E-state index < -0.39 is 35.2 Å². The summed E-state index contributed by atoms with van der Waals surface area (Å²) in [5.74, 6) is 8.26. The predicted octanol–water partition coefficient (Wildman–Crippen LogP) is 32.8. The fourth-order valence-corrected chi connectivity index (χ4v) is 13.2. The molecule has 8 aromatic heterocycles. The molecular weight excluding hydrogens is 1870 g/mol. The monoisotopic (exact) mass is 1970 g/mol. The van der Waals surface area contributed by atoms with E-state index in [1.165, 1.54) is 30.3 Å². The summed E-state index contributed by atoms with van der Waals surface area (Å²) in [4.78, 5) is 69.2. The van der Waals surface area contributed by atoms with E-state index in [4.69, 9.17) is 58.0 Å². The van der Waals surface area contributed by atoms with Gasteiger partial charge in [0.25, 0.3) is 0 Å². The highest BCUT2D eigenvalue weighted by Gasteiger charge is 2.33. The van der Waals surface area contributed by atoms with E-state index in [0.717, 1.165) is 147 Å². The van der Waals surface area contributed by atoms with E-state index >= 15 is 0 Å². The van der Waals surface area contributed by atoms with Crippen LogP contribution in [0.3, 0.4) is 0 Å². The summed E-state index contributed by atoms with van der Waals surface area (Å²) in [6.45, 7) is 34.6. The molecule has 16 nitrogen and oxygen atoms in total. The molecule has 16 rings (SSSR count). The van der Waals surface area contributed by atoms with Crippen LogP contribution in [0.25, 0.3) is 90.3 Å². The van der Waals surface area contributed by atoms with Gasteiger partial charge in [-0.05, 0) is 181 Å². The number of aryl methyl sites for hydroxylation is 1. The lowest BCUT2D eigenvalue weighted by Crippen LogP contribution is -2.05. The zero-order chi connectivity index (χ0) is 101. The summed E-state index contributed by atoms with van der Waals surface area (Å²) < 4.78 is 113. The summed E-state index contributed by atoms with van der Waals surface area (Å²) >= 11 is 29.5. The maximum Gasteiger partial charge on any atom is 0.416 e. The lowest BCUT2D eigenvalue weighted by atomic mass is 10.1. The van der Waals surface area contributed by atoms with Crippen LogP contribution >= 0.6 is 58.0 Å². The Hall–Kier alpha value is -12.8. The number of aromatic nitrogens is 16. The lowest BCUT2D eigenvalue weighted by molar-refractivity contribution is -0.138. The second-order valence-corrected chi connectivity index (χ2v) is 36.1. The van der Waals surface area contributed by atoms with Crippen LogP contribution in [0.2, 0.25) is 25.1 Å². The van der Waals surface area contributed by atoms with Crippen molar-refractivity contribution < 1.29 is 39.5 Å².